The summed E-state index contributed by atoms with van der Waals surface area (Å²) in [6, 6.07) is 11.8. The van der Waals surface area contributed by atoms with Gasteiger partial charge >= 0.3 is 5.97 Å². The number of carboxylic acids is 1. The molecule has 0 spiro atoms. The van der Waals surface area contributed by atoms with Gasteiger partial charge in [0.2, 0.25) is 5.91 Å². The Bertz CT molecular complexity index is 996. The van der Waals surface area contributed by atoms with E-state index in [4.69, 9.17) is 11.6 Å². The van der Waals surface area contributed by atoms with Crippen LogP contribution in [0.15, 0.2) is 42.5 Å². The van der Waals surface area contributed by atoms with E-state index in [0.29, 0.717) is 29.6 Å². The van der Waals surface area contributed by atoms with Crippen LogP contribution in [0.5, 0.6) is 0 Å². The number of nitrogens with zero attached hydrogens (tertiary/aromatic N) is 1. The second-order valence-electron chi connectivity index (χ2n) is 8.65. The topological polar surface area (TPSA) is 86.7 Å². The minimum atomic E-state index is -1.17. The summed E-state index contributed by atoms with van der Waals surface area (Å²) in [6.07, 6.45) is 1.68. The van der Waals surface area contributed by atoms with E-state index < -0.39 is 17.9 Å². The number of carboxylic acid groups (broad SMARTS) is 1. The number of halogens is 1. The van der Waals surface area contributed by atoms with E-state index in [1.165, 1.54) is 11.6 Å². The van der Waals surface area contributed by atoms with Gasteiger partial charge in [0.05, 0.1) is 11.1 Å². The first-order chi connectivity index (χ1) is 15.2. The van der Waals surface area contributed by atoms with Crippen molar-refractivity contribution in [2.45, 2.75) is 45.6 Å². The highest BCUT2D eigenvalue weighted by atomic mass is 35.5. The van der Waals surface area contributed by atoms with Crippen LogP contribution in [0.4, 0.5) is 0 Å². The fraction of sp³-hybridized carbons (Fsp3) is 0.400. The monoisotopic (exact) mass is 456 g/mol. The Hall–Kier alpha value is -2.86. The van der Waals surface area contributed by atoms with E-state index in [9.17, 15) is 19.5 Å². The van der Waals surface area contributed by atoms with E-state index in [1.54, 1.807) is 24.0 Å². The van der Waals surface area contributed by atoms with E-state index in [2.05, 4.69) is 5.32 Å². The lowest BCUT2D eigenvalue weighted by Crippen LogP contribution is -2.53. The number of hydrogen-bond donors (Lipinski definition) is 2. The molecule has 0 aliphatic carbocycles. The first-order valence-electron chi connectivity index (χ1n) is 10.9. The number of aromatic carboxylic acids is 1. The van der Waals surface area contributed by atoms with Crippen LogP contribution >= 0.6 is 11.6 Å². The molecule has 7 heteroatoms. The number of amides is 2. The third-order valence-electron chi connectivity index (χ3n) is 6.10. The third-order valence-corrected chi connectivity index (χ3v) is 6.35. The summed E-state index contributed by atoms with van der Waals surface area (Å²) in [5.41, 5.74) is 1.80. The molecule has 6 nitrogen and oxygen atoms in total. The Kier molecular flexibility index (Phi) is 7.56. The molecule has 2 aromatic carbocycles. The van der Waals surface area contributed by atoms with Gasteiger partial charge in [-0.3, -0.25) is 9.59 Å². The van der Waals surface area contributed by atoms with Crippen LogP contribution in [0.2, 0.25) is 5.02 Å². The second-order valence-corrected chi connectivity index (χ2v) is 9.09. The quantitative estimate of drug-likeness (QED) is 0.669. The molecular formula is C25H29ClN2O4. The highest BCUT2D eigenvalue weighted by Gasteiger charge is 2.32. The number of rotatable bonds is 6. The lowest BCUT2D eigenvalue weighted by Gasteiger charge is -2.35. The number of piperidine rings is 1. The van der Waals surface area contributed by atoms with Gasteiger partial charge in [0.25, 0.3) is 5.91 Å². The molecular weight excluding hydrogens is 428 g/mol. The minimum absolute atomic E-state index is 0.0683. The molecule has 0 radical (unpaired) electrons. The van der Waals surface area contributed by atoms with E-state index in [0.717, 1.165) is 12.8 Å². The molecule has 3 rings (SSSR count). The van der Waals surface area contributed by atoms with Crippen LogP contribution < -0.4 is 5.32 Å². The van der Waals surface area contributed by atoms with Gasteiger partial charge in [0, 0.05) is 18.1 Å². The molecule has 1 fully saturated rings. The van der Waals surface area contributed by atoms with Crippen molar-refractivity contribution in [3.63, 3.8) is 0 Å². The second kappa shape index (κ2) is 10.2. The SMILES string of the molecule is Cc1cccc(C(=O)O)c1C(=O)NC(C(=O)N1CCC(c2ccc(Cl)cc2)CC1)C(C)C. The number of benzene rings is 2. The molecule has 32 heavy (non-hydrogen) atoms. The molecule has 1 heterocycles. The van der Waals surface area contributed by atoms with E-state index >= 15 is 0 Å². The molecule has 1 aliphatic rings. The molecule has 0 saturated carbocycles. The highest BCUT2D eigenvalue weighted by molar-refractivity contribution is 6.30. The smallest absolute Gasteiger partial charge is 0.336 e. The molecule has 1 saturated heterocycles. The summed E-state index contributed by atoms with van der Waals surface area (Å²) in [5, 5.41) is 13.0. The van der Waals surface area contributed by atoms with Crippen LogP contribution in [-0.2, 0) is 4.79 Å². The number of carbonyl (C=O) groups is 3. The first-order valence-corrected chi connectivity index (χ1v) is 11.2. The molecule has 1 unspecified atom stereocenters. The minimum Gasteiger partial charge on any atom is -0.478 e. The Morgan fingerprint density at radius 2 is 1.69 bits per heavy atom. The number of likely N-dealkylation sites (tertiary alicyclic amines) is 1. The van der Waals surface area contributed by atoms with Crippen molar-refractivity contribution < 1.29 is 19.5 Å². The largest absolute Gasteiger partial charge is 0.478 e. The van der Waals surface area contributed by atoms with Gasteiger partial charge in [0.1, 0.15) is 6.04 Å². The van der Waals surface area contributed by atoms with E-state index in [-0.39, 0.29) is 23.0 Å². The van der Waals surface area contributed by atoms with Gasteiger partial charge in [-0.05, 0) is 60.9 Å². The summed E-state index contributed by atoms with van der Waals surface area (Å²) in [6.45, 7) is 6.65. The van der Waals surface area contributed by atoms with Crippen LogP contribution in [-0.4, -0.2) is 46.9 Å². The zero-order valence-electron chi connectivity index (χ0n) is 18.6. The Labute approximate surface area is 193 Å². The summed E-state index contributed by atoms with van der Waals surface area (Å²) in [5.74, 6) is -1.61. The van der Waals surface area contributed by atoms with Crippen molar-refractivity contribution in [2.75, 3.05) is 13.1 Å². The average Bonchev–Trinajstić information content (AvgIpc) is 2.77. The lowest BCUT2D eigenvalue weighted by atomic mass is 9.89. The number of nitrogens with one attached hydrogen (secondary N) is 1. The molecule has 170 valence electrons. The maximum Gasteiger partial charge on any atom is 0.336 e. The first kappa shape index (κ1) is 23.8. The summed E-state index contributed by atoms with van der Waals surface area (Å²) >= 11 is 5.98. The average molecular weight is 457 g/mol. The van der Waals surface area contributed by atoms with Gasteiger partial charge in [-0.1, -0.05) is 49.7 Å². The Morgan fingerprint density at radius 1 is 1.06 bits per heavy atom. The van der Waals surface area contributed by atoms with Gasteiger partial charge in [-0.2, -0.15) is 0 Å². The standard InChI is InChI=1S/C25H29ClN2O4/c1-15(2)22(27-23(29)21-16(3)5-4-6-20(21)25(31)32)24(30)28-13-11-18(12-14-28)17-7-9-19(26)10-8-17/h4-10,15,18,22H,11-14H2,1-3H3,(H,27,29)(H,31,32). The predicted octanol–water partition coefficient (Wildman–Crippen LogP) is 4.51. The van der Waals surface area contributed by atoms with Gasteiger partial charge in [-0.15, -0.1) is 0 Å². The van der Waals surface area contributed by atoms with Gasteiger partial charge in [0.15, 0.2) is 0 Å². The number of hydrogen-bond acceptors (Lipinski definition) is 3. The molecule has 1 atom stereocenters. The van der Waals surface area contributed by atoms with Crippen LogP contribution in [0.1, 0.15) is 64.4 Å². The Morgan fingerprint density at radius 3 is 2.25 bits per heavy atom. The zero-order valence-corrected chi connectivity index (χ0v) is 19.4. The fourth-order valence-electron chi connectivity index (χ4n) is 4.24. The third kappa shape index (κ3) is 5.30. The molecule has 1 aliphatic heterocycles. The van der Waals surface area contributed by atoms with Crippen molar-refractivity contribution >= 4 is 29.4 Å². The number of aryl methyl sites for hydroxylation is 1. The van der Waals surface area contributed by atoms with Gasteiger partial charge in [-0.25, -0.2) is 4.79 Å². The fourth-order valence-corrected chi connectivity index (χ4v) is 4.37. The summed E-state index contributed by atoms with van der Waals surface area (Å²) in [4.78, 5) is 39.7. The van der Waals surface area contributed by atoms with Crippen LogP contribution in [0, 0.1) is 12.8 Å². The molecule has 2 N–H and O–H groups in total. The Balaban J connectivity index is 1.70. The summed E-state index contributed by atoms with van der Waals surface area (Å²) < 4.78 is 0. The maximum absolute atomic E-state index is 13.3. The van der Waals surface area contributed by atoms with Crippen molar-refractivity contribution in [3.8, 4) is 0 Å². The van der Waals surface area contributed by atoms with E-state index in [1.807, 2.05) is 38.1 Å². The molecule has 0 aromatic heterocycles. The number of carbonyl (C=O) groups excluding carboxylic acids is 2. The zero-order chi connectivity index (χ0) is 23.4. The van der Waals surface area contributed by atoms with Crippen molar-refractivity contribution in [2.24, 2.45) is 5.92 Å². The molecule has 0 bridgehead atoms. The highest BCUT2D eigenvalue weighted by Crippen LogP contribution is 2.29. The summed E-state index contributed by atoms with van der Waals surface area (Å²) in [7, 11) is 0. The van der Waals surface area contributed by atoms with Crippen molar-refractivity contribution in [1.82, 2.24) is 10.2 Å². The lowest BCUT2D eigenvalue weighted by molar-refractivity contribution is -0.135. The van der Waals surface area contributed by atoms with Crippen molar-refractivity contribution in [1.29, 1.82) is 0 Å². The van der Waals surface area contributed by atoms with Gasteiger partial charge < -0.3 is 15.3 Å². The van der Waals surface area contributed by atoms with Crippen LogP contribution in [0.3, 0.4) is 0 Å². The predicted molar refractivity (Wildman–Crippen MR) is 124 cm³/mol. The maximum atomic E-state index is 13.3. The van der Waals surface area contributed by atoms with Crippen LogP contribution in [0.25, 0.3) is 0 Å². The molecule has 2 amide bonds. The normalized spacial score (nSPS) is 15.5. The molecule has 2 aromatic rings. The van der Waals surface area contributed by atoms with Crippen molar-refractivity contribution in [3.05, 3.63) is 69.7 Å².